The number of hydrogen-bond acceptors (Lipinski definition) is 8. The molecule has 0 aliphatic carbocycles. The van der Waals surface area contributed by atoms with Crippen LogP contribution in [0.3, 0.4) is 0 Å². The summed E-state index contributed by atoms with van der Waals surface area (Å²) in [5.41, 5.74) is 1.20. The molecule has 3 aliphatic rings. The first-order valence-corrected chi connectivity index (χ1v) is 13.1. The highest BCUT2D eigenvalue weighted by Gasteiger charge is 2.44. The molecule has 0 radical (unpaired) electrons. The van der Waals surface area contributed by atoms with E-state index in [2.05, 4.69) is 20.7 Å². The monoisotopic (exact) mass is 491 g/mol. The van der Waals surface area contributed by atoms with Gasteiger partial charge in [0.25, 0.3) is 11.8 Å². The molecule has 12 heteroatoms. The fourth-order valence-electron chi connectivity index (χ4n) is 4.23. The molecule has 4 rings (SSSR count). The molecule has 34 heavy (non-hydrogen) atoms. The molecule has 2 saturated heterocycles. The van der Waals surface area contributed by atoms with Gasteiger partial charge in [-0.2, -0.15) is 0 Å². The quantitative estimate of drug-likeness (QED) is 0.248. The number of benzene rings is 1. The molecule has 3 heterocycles. The highest BCUT2D eigenvalue weighted by Crippen LogP contribution is 2.29. The number of unbranched alkanes of at least 4 members (excludes halogenated alkanes) is 3. The Bertz CT molecular complexity index is 1100. The summed E-state index contributed by atoms with van der Waals surface area (Å²) in [6.45, 7) is 2.13. The number of fused-ring (bicyclic) bond motifs is 1. The number of carbonyl (C=O) groups is 4. The minimum atomic E-state index is -3.20. The normalized spacial score (nSPS) is 20.8. The van der Waals surface area contributed by atoms with Crippen molar-refractivity contribution >= 4 is 39.3 Å². The van der Waals surface area contributed by atoms with Gasteiger partial charge in [-0.3, -0.25) is 29.4 Å². The van der Waals surface area contributed by atoms with Crippen molar-refractivity contribution in [2.75, 3.05) is 31.5 Å². The second kappa shape index (κ2) is 10.2. The number of nitrogens with one attached hydrogen (secondary N) is 4. The Morgan fingerprint density at radius 1 is 0.941 bits per heavy atom. The molecule has 184 valence electrons. The van der Waals surface area contributed by atoms with Gasteiger partial charge < -0.3 is 10.6 Å². The second-order valence-electron chi connectivity index (χ2n) is 8.77. The lowest BCUT2D eigenvalue weighted by molar-refractivity contribution is -0.136. The Morgan fingerprint density at radius 2 is 1.65 bits per heavy atom. The summed E-state index contributed by atoms with van der Waals surface area (Å²) in [4.78, 5) is 50.0. The van der Waals surface area contributed by atoms with Crippen molar-refractivity contribution in [3.05, 3.63) is 29.3 Å². The lowest BCUT2D eigenvalue weighted by Gasteiger charge is -2.27. The molecule has 1 aromatic rings. The predicted octanol–water partition coefficient (Wildman–Crippen LogP) is -0.0487. The largest absolute Gasteiger partial charge is 0.385 e. The van der Waals surface area contributed by atoms with E-state index in [1.807, 2.05) is 0 Å². The van der Waals surface area contributed by atoms with Gasteiger partial charge in [0.2, 0.25) is 21.8 Å². The molecule has 11 nitrogen and oxygen atoms in total. The van der Waals surface area contributed by atoms with Crippen molar-refractivity contribution in [1.29, 1.82) is 0 Å². The highest BCUT2D eigenvalue weighted by molar-refractivity contribution is 7.90. The summed E-state index contributed by atoms with van der Waals surface area (Å²) < 4.78 is 26.5. The van der Waals surface area contributed by atoms with Crippen LogP contribution in [0.4, 0.5) is 5.69 Å². The molecular weight excluding hydrogens is 462 g/mol. The Balaban J connectivity index is 1.20. The van der Waals surface area contributed by atoms with Crippen LogP contribution in [0, 0.1) is 0 Å². The van der Waals surface area contributed by atoms with E-state index in [1.54, 1.807) is 18.2 Å². The maximum Gasteiger partial charge on any atom is 0.262 e. The Labute approximate surface area is 198 Å². The zero-order chi connectivity index (χ0) is 24.3. The minimum absolute atomic E-state index is 0.0838. The third-order valence-electron chi connectivity index (χ3n) is 6.36. The van der Waals surface area contributed by atoms with Crippen LogP contribution < -0.4 is 20.7 Å². The molecule has 4 amide bonds. The van der Waals surface area contributed by atoms with E-state index >= 15 is 0 Å². The summed E-state index contributed by atoms with van der Waals surface area (Å²) in [5.74, 6) is -2.09. The molecule has 1 unspecified atom stereocenters. The predicted molar refractivity (Wildman–Crippen MR) is 124 cm³/mol. The molecule has 1 atom stereocenters. The van der Waals surface area contributed by atoms with Gasteiger partial charge in [0.15, 0.2) is 0 Å². The van der Waals surface area contributed by atoms with Crippen LogP contribution in [0.5, 0.6) is 0 Å². The average Bonchev–Trinajstić information content (AvgIpc) is 2.98. The number of sulfonamides is 1. The van der Waals surface area contributed by atoms with Gasteiger partial charge in [-0.05, 0) is 37.5 Å². The van der Waals surface area contributed by atoms with Crippen LogP contribution in [0.25, 0.3) is 0 Å². The summed E-state index contributed by atoms with van der Waals surface area (Å²) in [7, 11) is -3.20. The fourth-order valence-corrected chi connectivity index (χ4v) is 5.57. The lowest BCUT2D eigenvalue weighted by atomic mass is 10.0. The maximum absolute atomic E-state index is 12.9. The van der Waals surface area contributed by atoms with Crippen molar-refractivity contribution in [3.63, 3.8) is 0 Å². The van der Waals surface area contributed by atoms with Crippen molar-refractivity contribution in [2.24, 2.45) is 0 Å². The third-order valence-corrected chi connectivity index (χ3v) is 8.18. The van der Waals surface area contributed by atoms with E-state index in [1.165, 1.54) is 0 Å². The van der Waals surface area contributed by atoms with E-state index in [0.717, 1.165) is 30.6 Å². The van der Waals surface area contributed by atoms with Crippen LogP contribution in [0.1, 0.15) is 59.2 Å². The highest BCUT2D eigenvalue weighted by atomic mass is 32.2. The van der Waals surface area contributed by atoms with Gasteiger partial charge in [-0.25, -0.2) is 13.1 Å². The Morgan fingerprint density at radius 3 is 2.32 bits per heavy atom. The van der Waals surface area contributed by atoms with Gasteiger partial charge in [-0.15, -0.1) is 0 Å². The Kier molecular flexibility index (Phi) is 7.29. The average molecular weight is 492 g/mol. The standard InChI is InChI=1S/C22H29N5O6S/c28-19-8-7-18(20(29)26-19)27-21(30)16-6-5-14(11-17(16)22(27)31)24-9-3-1-2-4-10-25-34(32,33)15-12-23-13-15/h5-6,11,15,18,23-25H,1-4,7-10,12-13H2,(H,26,28,29). The van der Waals surface area contributed by atoms with Crippen LogP contribution >= 0.6 is 0 Å². The van der Waals surface area contributed by atoms with E-state index in [9.17, 15) is 27.6 Å². The SMILES string of the molecule is O=C1CCC(N2C(=O)c3ccc(NCCCCCCNS(=O)(=O)C4CNC4)cc3C2=O)C(=O)N1. The van der Waals surface area contributed by atoms with Gasteiger partial charge >= 0.3 is 0 Å². The van der Waals surface area contributed by atoms with Crippen molar-refractivity contribution in [2.45, 2.75) is 49.8 Å². The maximum atomic E-state index is 12.9. The molecule has 3 aliphatic heterocycles. The number of anilines is 1. The summed E-state index contributed by atoms with van der Waals surface area (Å²) in [6.07, 6.45) is 3.66. The fraction of sp³-hybridized carbons (Fsp3) is 0.545. The van der Waals surface area contributed by atoms with Gasteiger partial charge in [0, 0.05) is 38.3 Å². The second-order valence-corrected chi connectivity index (χ2v) is 10.8. The molecule has 0 spiro atoms. The number of hydrogen-bond donors (Lipinski definition) is 4. The number of piperidine rings is 1. The van der Waals surface area contributed by atoms with Crippen LogP contribution in [-0.2, 0) is 19.6 Å². The van der Waals surface area contributed by atoms with Crippen LogP contribution in [0.2, 0.25) is 0 Å². The topological polar surface area (TPSA) is 154 Å². The van der Waals surface area contributed by atoms with Crippen molar-refractivity contribution < 1.29 is 27.6 Å². The van der Waals surface area contributed by atoms with E-state index in [0.29, 0.717) is 31.9 Å². The molecule has 1 aromatic carbocycles. The van der Waals surface area contributed by atoms with E-state index in [4.69, 9.17) is 0 Å². The van der Waals surface area contributed by atoms with Gasteiger partial charge in [0.05, 0.1) is 11.1 Å². The minimum Gasteiger partial charge on any atom is -0.385 e. The van der Waals surface area contributed by atoms with E-state index < -0.39 is 39.7 Å². The first kappa shape index (κ1) is 24.3. The van der Waals surface area contributed by atoms with Gasteiger partial charge in [-0.1, -0.05) is 12.8 Å². The summed E-state index contributed by atoms with van der Waals surface area (Å²) >= 11 is 0. The molecule has 0 bridgehead atoms. The number of imide groups is 2. The number of nitrogens with zero attached hydrogens (tertiary/aromatic N) is 1. The Hall–Kier alpha value is -2.83. The molecular formula is C22H29N5O6S. The lowest BCUT2D eigenvalue weighted by Crippen LogP contribution is -2.55. The number of carbonyl (C=O) groups excluding carboxylic acids is 4. The first-order valence-electron chi connectivity index (χ1n) is 11.6. The van der Waals surface area contributed by atoms with Crippen molar-refractivity contribution in [1.82, 2.24) is 20.3 Å². The van der Waals surface area contributed by atoms with Crippen LogP contribution in [0.15, 0.2) is 18.2 Å². The smallest absolute Gasteiger partial charge is 0.262 e. The molecule has 4 N–H and O–H groups in total. The number of amides is 4. The number of rotatable bonds is 11. The third kappa shape index (κ3) is 5.13. The summed E-state index contributed by atoms with van der Waals surface area (Å²) in [5, 5.41) is 8.06. The zero-order valence-electron chi connectivity index (χ0n) is 18.8. The zero-order valence-corrected chi connectivity index (χ0v) is 19.6. The van der Waals surface area contributed by atoms with Gasteiger partial charge in [0.1, 0.15) is 11.3 Å². The van der Waals surface area contributed by atoms with E-state index in [-0.39, 0.29) is 29.2 Å². The summed E-state index contributed by atoms with van der Waals surface area (Å²) in [6, 6.07) is 3.94. The van der Waals surface area contributed by atoms with Crippen LogP contribution in [-0.4, -0.2) is 74.4 Å². The van der Waals surface area contributed by atoms with Crippen molar-refractivity contribution in [3.8, 4) is 0 Å². The molecule has 2 fully saturated rings. The molecule has 0 aromatic heterocycles. The first-order chi connectivity index (χ1) is 16.3. The molecule has 0 saturated carbocycles.